The minimum Gasteiger partial charge on any atom is -0.352 e. The molecule has 0 saturated heterocycles. The van der Waals surface area contributed by atoms with Gasteiger partial charge in [-0.15, -0.1) is 0 Å². The molecule has 0 fully saturated rings. The van der Waals surface area contributed by atoms with Crippen molar-refractivity contribution in [3.05, 3.63) is 48.0 Å². The fourth-order valence-corrected chi connectivity index (χ4v) is 1.40. The summed E-state index contributed by atoms with van der Waals surface area (Å²) in [5.74, 6) is 6.64. The quantitative estimate of drug-likeness (QED) is 0.489. The smallest absolute Gasteiger partial charge is 0.243 e. The molecule has 1 N–H and O–H groups in total. The molecule has 0 aromatic heterocycles. The molecule has 0 aliphatic carbocycles. The first-order valence-corrected chi connectivity index (χ1v) is 6.67. The Morgan fingerprint density at radius 2 is 2.05 bits per heavy atom. The summed E-state index contributed by atoms with van der Waals surface area (Å²) in [6.45, 7) is 4.86. The number of amides is 1. The number of hydrogen-bond donors (Lipinski definition) is 1. The van der Waals surface area contributed by atoms with Gasteiger partial charge in [0.25, 0.3) is 0 Å². The van der Waals surface area contributed by atoms with E-state index >= 15 is 0 Å². The van der Waals surface area contributed by atoms with Crippen molar-refractivity contribution >= 4 is 5.91 Å². The molecule has 0 unspecified atom stereocenters. The van der Waals surface area contributed by atoms with Gasteiger partial charge in [0.2, 0.25) is 5.91 Å². The number of rotatable bonds is 5. The Kier molecular flexibility index (Phi) is 7.12. The van der Waals surface area contributed by atoms with E-state index in [4.69, 9.17) is 0 Å². The molecule has 0 bridgehead atoms. The zero-order valence-electron chi connectivity index (χ0n) is 11.6. The number of nitrogens with one attached hydrogen (secondary N) is 1. The third-order valence-corrected chi connectivity index (χ3v) is 2.40. The molecule has 0 saturated carbocycles. The van der Waals surface area contributed by atoms with Crippen LogP contribution in [0.1, 0.15) is 32.3 Å². The lowest BCUT2D eigenvalue weighted by Gasteiger charge is -2.03. The largest absolute Gasteiger partial charge is 0.352 e. The van der Waals surface area contributed by atoms with E-state index in [-0.39, 0.29) is 5.91 Å². The predicted octanol–water partition coefficient (Wildman–Crippen LogP) is 3.15. The molecule has 1 aromatic rings. The van der Waals surface area contributed by atoms with E-state index < -0.39 is 0 Å². The molecule has 0 spiro atoms. The summed E-state index contributed by atoms with van der Waals surface area (Å²) in [5, 5.41) is 2.84. The third-order valence-electron chi connectivity index (χ3n) is 2.40. The van der Waals surface area contributed by atoms with E-state index in [1.165, 1.54) is 0 Å². The molecule has 2 heteroatoms. The van der Waals surface area contributed by atoms with Gasteiger partial charge < -0.3 is 5.32 Å². The zero-order valence-corrected chi connectivity index (χ0v) is 11.6. The number of hydrogen-bond acceptors (Lipinski definition) is 1. The van der Waals surface area contributed by atoms with Crippen LogP contribution in [0.3, 0.4) is 0 Å². The fourth-order valence-electron chi connectivity index (χ4n) is 1.40. The Labute approximate surface area is 115 Å². The maximum atomic E-state index is 11.4. The second-order valence-electron chi connectivity index (χ2n) is 4.75. The van der Waals surface area contributed by atoms with Crippen molar-refractivity contribution < 1.29 is 4.79 Å². The summed E-state index contributed by atoms with van der Waals surface area (Å²) in [4.78, 5) is 11.4. The molecular formula is C17H21NO. The highest BCUT2D eigenvalue weighted by Gasteiger charge is 1.96. The molecule has 19 heavy (non-hydrogen) atoms. The van der Waals surface area contributed by atoms with Crippen molar-refractivity contribution in [3.63, 3.8) is 0 Å². The Hall–Kier alpha value is -2.01. The molecule has 100 valence electrons. The molecule has 2 nitrogen and oxygen atoms in total. The van der Waals surface area contributed by atoms with Crippen LogP contribution in [-0.4, -0.2) is 12.5 Å². The summed E-state index contributed by atoms with van der Waals surface area (Å²) in [6, 6.07) is 9.90. The van der Waals surface area contributed by atoms with Gasteiger partial charge >= 0.3 is 0 Å². The van der Waals surface area contributed by atoms with Gasteiger partial charge in [0.05, 0.1) is 0 Å². The summed E-state index contributed by atoms with van der Waals surface area (Å²) in [5.41, 5.74) is 1.03. The lowest BCUT2D eigenvalue weighted by atomic mass is 10.2. The second kappa shape index (κ2) is 8.99. The van der Waals surface area contributed by atoms with Crippen LogP contribution in [0.25, 0.3) is 0 Å². The standard InChI is InChI=1S/C17H21NO/c1-15(2)14-18-17(19)13-9-4-3-6-10-16-11-7-5-8-12-16/h5,7-9,11-13,15H,3-4,14H2,1-2H3,(H,18,19)/b13-9+. The van der Waals surface area contributed by atoms with Crippen LogP contribution < -0.4 is 5.32 Å². The average molecular weight is 255 g/mol. The highest BCUT2D eigenvalue weighted by molar-refractivity contribution is 5.87. The number of unbranched alkanes of at least 4 members (excludes halogenated alkanes) is 1. The minimum atomic E-state index is -0.0234. The van der Waals surface area contributed by atoms with Crippen LogP contribution >= 0.6 is 0 Å². The zero-order chi connectivity index (χ0) is 13.9. The van der Waals surface area contributed by atoms with Gasteiger partial charge in [-0.05, 0) is 30.5 Å². The van der Waals surface area contributed by atoms with E-state index in [2.05, 4.69) is 31.0 Å². The Morgan fingerprint density at radius 1 is 1.32 bits per heavy atom. The Morgan fingerprint density at radius 3 is 2.74 bits per heavy atom. The highest BCUT2D eigenvalue weighted by Crippen LogP contribution is 1.96. The first-order valence-electron chi connectivity index (χ1n) is 6.67. The summed E-state index contributed by atoms with van der Waals surface area (Å²) >= 11 is 0. The van der Waals surface area contributed by atoms with Crippen molar-refractivity contribution in [2.24, 2.45) is 5.92 Å². The first kappa shape index (κ1) is 15.0. The van der Waals surface area contributed by atoms with Gasteiger partial charge in [0.1, 0.15) is 0 Å². The monoisotopic (exact) mass is 255 g/mol. The fraction of sp³-hybridized carbons (Fsp3) is 0.353. The van der Waals surface area contributed by atoms with Crippen molar-refractivity contribution in [2.75, 3.05) is 6.54 Å². The van der Waals surface area contributed by atoms with Crippen molar-refractivity contribution in [1.82, 2.24) is 5.32 Å². The highest BCUT2D eigenvalue weighted by atomic mass is 16.1. The summed E-state index contributed by atoms with van der Waals surface area (Å²) in [7, 11) is 0. The van der Waals surface area contributed by atoms with Crippen LogP contribution in [0.15, 0.2) is 42.5 Å². The molecular weight excluding hydrogens is 234 g/mol. The van der Waals surface area contributed by atoms with E-state index in [1.54, 1.807) is 6.08 Å². The molecule has 0 radical (unpaired) electrons. The lowest BCUT2D eigenvalue weighted by molar-refractivity contribution is -0.116. The SMILES string of the molecule is CC(C)CNC(=O)/C=C/CCC#Cc1ccccc1. The van der Waals surface area contributed by atoms with Crippen LogP contribution in [0.2, 0.25) is 0 Å². The number of benzene rings is 1. The molecule has 1 aromatic carbocycles. The predicted molar refractivity (Wildman–Crippen MR) is 79.5 cm³/mol. The van der Waals surface area contributed by atoms with Gasteiger partial charge in [-0.2, -0.15) is 0 Å². The van der Waals surface area contributed by atoms with E-state index in [1.807, 2.05) is 36.4 Å². The number of carbonyl (C=O) groups excluding carboxylic acids is 1. The third kappa shape index (κ3) is 7.83. The van der Waals surface area contributed by atoms with Crippen molar-refractivity contribution in [1.29, 1.82) is 0 Å². The van der Waals surface area contributed by atoms with Gasteiger partial charge in [-0.25, -0.2) is 0 Å². The van der Waals surface area contributed by atoms with Crippen LogP contribution in [-0.2, 0) is 4.79 Å². The second-order valence-corrected chi connectivity index (χ2v) is 4.75. The van der Waals surface area contributed by atoms with E-state index in [0.29, 0.717) is 5.92 Å². The van der Waals surface area contributed by atoms with Crippen molar-refractivity contribution in [3.8, 4) is 11.8 Å². The molecule has 0 heterocycles. The Balaban J connectivity index is 2.20. The van der Waals surface area contributed by atoms with Crippen LogP contribution in [0, 0.1) is 17.8 Å². The molecule has 1 rings (SSSR count). The molecule has 0 atom stereocenters. The van der Waals surface area contributed by atoms with Crippen molar-refractivity contribution in [2.45, 2.75) is 26.7 Å². The van der Waals surface area contributed by atoms with Crippen LogP contribution in [0.5, 0.6) is 0 Å². The van der Waals surface area contributed by atoms with Gasteiger partial charge in [-0.3, -0.25) is 4.79 Å². The minimum absolute atomic E-state index is 0.0234. The lowest BCUT2D eigenvalue weighted by Crippen LogP contribution is -2.25. The maximum Gasteiger partial charge on any atom is 0.243 e. The molecule has 1 amide bonds. The van der Waals surface area contributed by atoms with Gasteiger partial charge in [0, 0.05) is 18.5 Å². The van der Waals surface area contributed by atoms with Crippen LogP contribution in [0.4, 0.5) is 0 Å². The number of allylic oxidation sites excluding steroid dienone is 1. The van der Waals surface area contributed by atoms with Gasteiger partial charge in [0.15, 0.2) is 0 Å². The average Bonchev–Trinajstić information content (AvgIpc) is 2.41. The van der Waals surface area contributed by atoms with E-state index in [0.717, 1.165) is 24.9 Å². The number of carbonyl (C=O) groups is 1. The summed E-state index contributed by atoms with van der Waals surface area (Å²) < 4.78 is 0. The normalized spacial score (nSPS) is 10.3. The Bertz CT molecular complexity index is 463. The topological polar surface area (TPSA) is 29.1 Å². The van der Waals surface area contributed by atoms with E-state index in [9.17, 15) is 4.79 Å². The summed E-state index contributed by atoms with van der Waals surface area (Å²) in [6.07, 6.45) is 5.03. The molecule has 0 aliphatic rings. The maximum absolute atomic E-state index is 11.4. The molecule has 0 aliphatic heterocycles. The first-order chi connectivity index (χ1) is 9.18. The van der Waals surface area contributed by atoms with Gasteiger partial charge in [-0.1, -0.05) is 50.0 Å².